The Morgan fingerprint density at radius 3 is 2.35 bits per heavy atom. The van der Waals surface area contributed by atoms with Crippen molar-refractivity contribution in [1.82, 2.24) is 0 Å². The number of rotatable bonds is 4. The van der Waals surface area contributed by atoms with Gasteiger partial charge in [0.05, 0.1) is 17.5 Å². The van der Waals surface area contributed by atoms with Gasteiger partial charge in [-0.15, -0.1) is 0 Å². The number of carboxylic acids is 1. The van der Waals surface area contributed by atoms with Gasteiger partial charge in [-0.3, -0.25) is 9.59 Å². The second kappa shape index (κ2) is 4.89. The number of carboxylic acid groups (broad SMARTS) is 1. The molecule has 0 spiro atoms. The molecule has 20 heavy (non-hydrogen) atoms. The number of carbonyl (C=O) groups is 2. The van der Waals surface area contributed by atoms with Crippen molar-refractivity contribution in [2.45, 2.75) is 20.8 Å². The SMILES string of the molecule is CCN(C(=O)C1C(C(=O)O)C1(C)C)c1ccccc1F. The zero-order valence-electron chi connectivity index (χ0n) is 11.8. The summed E-state index contributed by atoms with van der Waals surface area (Å²) in [5.74, 6) is -3.07. The molecule has 1 saturated carbocycles. The number of amides is 1. The number of anilines is 1. The predicted octanol–water partition coefficient (Wildman–Crippen LogP) is 2.54. The van der Waals surface area contributed by atoms with E-state index in [1.165, 1.54) is 17.0 Å². The van der Waals surface area contributed by atoms with E-state index in [0.717, 1.165) is 0 Å². The summed E-state index contributed by atoms with van der Waals surface area (Å²) in [7, 11) is 0. The number of aliphatic carboxylic acids is 1. The standard InChI is InChI=1S/C15H18FNO3/c1-4-17(10-8-6-5-7-9(10)16)13(18)11-12(14(19)20)15(11,2)3/h5-8,11-12H,4H2,1-3H3,(H,19,20). The van der Waals surface area contributed by atoms with Gasteiger partial charge in [-0.05, 0) is 24.5 Å². The molecule has 2 unspecified atom stereocenters. The highest BCUT2D eigenvalue weighted by Crippen LogP contribution is 2.59. The van der Waals surface area contributed by atoms with Gasteiger partial charge in [0.25, 0.3) is 0 Å². The minimum Gasteiger partial charge on any atom is -0.481 e. The first-order valence-corrected chi connectivity index (χ1v) is 6.61. The zero-order chi connectivity index (χ0) is 15.1. The molecular weight excluding hydrogens is 261 g/mol. The Morgan fingerprint density at radius 2 is 1.90 bits per heavy atom. The van der Waals surface area contributed by atoms with Crippen molar-refractivity contribution in [3.63, 3.8) is 0 Å². The average Bonchev–Trinajstić information content (AvgIpc) is 2.95. The molecule has 0 aromatic heterocycles. The minimum atomic E-state index is -0.974. The molecule has 0 radical (unpaired) electrons. The van der Waals surface area contributed by atoms with E-state index in [4.69, 9.17) is 5.11 Å². The van der Waals surface area contributed by atoms with Crippen LogP contribution >= 0.6 is 0 Å². The first-order valence-electron chi connectivity index (χ1n) is 6.61. The third kappa shape index (κ3) is 2.17. The van der Waals surface area contributed by atoms with Crippen LogP contribution < -0.4 is 4.90 Å². The fraction of sp³-hybridized carbons (Fsp3) is 0.467. The van der Waals surface area contributed by atoms with Crippen LogP contribution in [0.15, 0.2) is 24.3 Å². The summed E-state index contributed by atoms with van der Waals surface area (Å²) in [6, 6.07) is 6.03. The van der Waals surface area contributed by atoms with E-state index in [1.807, 2.05) is 0 Å². The first-order chi connectivity index (χ1) is 9.32. The molecule has 1 aliphatic rings. The third-order valence-electron chi connectivity index (χ3n) is 4.08. The molecule has 1 amide bonds. The van der Waals surface area contributed by atoms with Gasteiger partial charge in [-0.1, -0.05) is 26.0 Å². The Labute approximate surface area is 117 Å². The second-order valence-corrected chi connectivity index (χ2v) is 5.65. The Bertz CT molecular complexity index is 556. The summed E-state index contributed by atoms with van der Waals surface area (Å²) < 4.78 is 13.8. The molecular formula is C15H18FNO3. The molecule has 0 aliphatic heterocycles. The number of carbonyl (C=O) groups excluding carboxylic acids is 1. The van der Waals surface area contributed by atoms with E-state index >= 15 is 0 Å². The van der Waals surface area contributed by atoms with Gasteiger partial charge in [-0.25, -0.2) is 4.39 Å². The van der Waals surface area contributed by atoms with E-state index < -0.39 is 29.0 Å². The average molecular weight is 279 g/mol. The minimum absolute atomic E-state index is 0.201. The number of halogens is 1. The van der Waals surface area contributed by atoms with Crippen LogP contribution in [-0.4, -0.2) is 23.5 Å². The van der Waals surface area contributed by atoms with Gasteiger partial charge < -0.3 is 10.0 Å². The van der Waals surface area contributed by atoms with Gasteiger partial charge in [0.15, 0.2) is 0 Å². The fourth-order valence-corrected chi connectivity index (χ4v) is 2.84. The molecule has 0 bridgehead atoms. The van der Waals surface area contributed by atoms with Gasteiger partial charge >= 0.3 is 5.97 Å². The summed E-state index contributed by atoms with van der Waals surface area (Å²) in [5.41, 5.74) is -0.381. The highest BCUT2D eigenvalue weighted by molar-refractivity contribution is 6.01. The molecule has 1 aromatic carbocycles. The molecule has 0 saturated heterocycles. The van der Waals surface area contributed by atoms with Crippen LogP contribution in [0.1, 0.15) is 20.8 Å². The van der Waals surface area contributed by atoms with E-state index in [9.17, 15) is 14.0 Å². The Balaban J connectivity index is 2.29. The van der Waals surface area contributed by atoms with E-state index in [1.54, 1.807) is 32.9 Å². The summed E-state index contributed by atoms with van der Waals surface area (Å²) in [4.78, 5) is 25.0. The smallest absolute Gasteiger partial charge is 0.307 e. The van der Waals surface area contributed by atoms with E-state index in [2.05, 4.69) is 0 Å². The highest BCUT2D eigenvalue weighted by Gasteiger charge is 2.66. The molecule has 2 atom stereocenters. The quantitative estimate of drug-likeness (QED) is 0.921. The Morgan fingerprint density at radius 1 is 1.30 bits per heavy atom. The maximum atomic E-state index is 13.8. The first kappa shape index (κ1) is 14.5. The van der Waals surface area contributed by atoms with Crippen molar-refractivity contribution in [2.24, 2.45) is 17.3 Å². The van der Waals surface area contributed by atoms with Gasteiger partial charge in [0.1, 0.15) is 5.82 Å². The normalized spacial score (nSPS) is 23.2. The van der Waals surface area contributed by atoms with Crippen LogP contribution in [0.4, 0.5) is 10.1 Å². The van der Waals surface area contributed by atoms with Crippen molar-refractivity contribution in [1.29, 1.82) is 0 Å². The molecule has 1 fully saturated rings. The number of hydrogen-bond donors (Lipinski definition) is 1. The molecule has 0 heterocycles. The van der Waals surface area contributed by atoms with Crippen molar-refractivity contribution in [3.8, 4) is 0 Å². The van der Waals surface area contributed by atoms with Crippen LogP contribution in [0.3, 0.4) is 0 Å². The lowest BCUT2D eigenvalue weighted by Gasteiger charge is -2.22. The van der Waals surface area contributed by atoms with E-state index in [-0.39, 0.29) is 11.6 Å². The van der Waals surface area contributed by atoms with Gasteiger partial charge in [0, 0.05) is 6.54 Å². The zero-order valence-corrected chi connectivity index (χ0v) is 11.8. The molecule has 5 heteroatoms. The number of nitrogens with zero attached hydrogens (tertiary/aromatic N) is 1. The number of hydrogen-bond acceptors (Lipinski definition) is 2. The van der Waals surface area contributed by atoms with Crippen LogP contribution in [0.25, 0.3) is 0 Å². The highest BCUT2D eigenvalue weighted by atomic mass is 19.1. The Hall–Kier alpha value is -1.91. The fourth-order valence-electron chi connectivity index (χ4n) is 2.84. The summed E-state index contributed by atoms with van der Waals surface area (Å²) in [6.45, 7) is 5.56. The third-order valence-corrected chi connectivity index (χ3v) is 4.08. The predicted molar refractivity (Wildman–Crippen MR) is 72.8 cm³/mol. The van der Waals surface area contributed by atoms with Crippen molar-refractivity contribution >= 4 is 17.6 Å². The number of para-hydroxylation sites is 1. The summed E-state index contributed by atoms with van der Waals surface area (Å²) in [6.07, 6.45) is 0. The molecule has 2 rings (SSSR count). The molecule has 4 nitrogen and oxygen atoms in total. The molecule has 1 aromatic rings. The lowest BCUT2D eigenvalue weighted by Crippen LogP contribution is -2.34. The summed E-state index contributed by atoms with van der Waals surface area (Å²) >= 11 is 0. The van der Waals surface area contributed by atoms with Gasteiger partial charge in [-0.2, -0.15) is 0 Å². The van der Waals surface area contributed by atoms with Crippen molar-refractivity contribution < 1.29 is 19.1 Å². The van der Waals surface area contributed by atoms with Gasteiger partial charge in [0.2, 0.25) is 5.91 Å². The maximum Gasteiger partial charge on any atom is 0.307 e. The van der Waals surface area contributed by atoms with Crippen molar-refractivity contribution in [3.05, 3.63) is 30.1 Å². The molecule has 1 aliphatic carbocycles. The topological polar surface area (TPSA) is 57.6 Å². The Kier molecular flexibility index (Phi) is 3.54. The molecule has 108 valence electrons. The van der Waals surface area contributed by atoms with Crippen LogP contribution in [0.2, 0.25) is 0 Å². The molecule has 1 N–H and O–H groups in total. The largest absolute Gasteiger partial charge is 0.481 e. The van der Waals surface area contributed by atoms with Crippen LogP contribution in [0, 0.1) is 23.1 Å². The van der Waals surface area contributed by atoms with E-state index in [0.29, 0.717) is 6.54 Å². The lowest BCUT2D eigenvalue weighted by atomic mass is 10.1. The van der Waals surface area contributed by atoms with Crippen LogP contribution in [0.5, 0.6) is 0 Å². The summed E-state index contributed by atoms with van der Waals surface area (Å²) in [5, 5.41) is 9.14. The van der Waals surface area contributed by atoms with Crippen molar-refractivity contribution in [2.75, 3.05) is 11.4 Å². The lowest BCUT2D eigenvalue weighted by molar-refractivity contribution is -0.140. The monoisotopic (exact) mass is 279 g/mol. The second-order valence-electron chi connectivity index (χ2n) is 5.65. The van der Waals surface area contributed by atoms with Crippen LogP contribution in [-0.2, 0) is 9.59 Å². The maximum absolute atomic E-state index is 13.8. The number of benzene rings is 1.